The maximum Gasteiger partial charge on any atom is 0.434 e. The predicted molar refractivity (Wildman–Crippen MR) is 73.2 cm³/mol. The Bertz CT molecular complexity index is 505. The molecule has 0 amide bonds. The Balaban J connectivity index is 1.82. The summed E-state index contributed by atoms with van der Waals surface area (Å²) in [5.41, 5.74) is -0.774. The molecule has 2 atom stereocenters. The molecule has 4 nitrogen and oxygen atoms in total. The standard InChI is InChI=1S/C13H18F3N3OS/c1-17-5-10-11(13(14,15)16)18-12(21-10)9-6-19-4-2-3-8(19)7-20-9/h8-9,17H,2-7H2,1H3. The van der Waals surface area contributed by atoms with Crippen LogP contribution < -0.4 is 5.32 Å². The summed E-state index contributed by atoms with van der Waals surface area (Å²) in [7, 11) is 1.63. The molecular weight excluding hydrogens is 303 g/mol. The molecule has 0 bridgehead atoms. The van der Waals surface area contributed by atoms with Crippen LogP contribution in [0.5, 0.6) is 0 Å². The van der Waals surface area contributed by atoms with Crippen molar-refractivity contribution >= 4 is 11.3 Å². The van der Waals surface area contributed by atoms with Gasteiger partial charge in [-0.05, 0) is 26.4 Å². The van der Waals surface area contributed by atoms with Crippen LogP contribution in [0.3, 0.4) is 0 Å². The fourth-order valence-corrected chi connectivity index (χ4v) is 4.11. The monoisotopic (exact) mass is 321 g/mol. The normalized spacial score (nSPS) is 27.0. The van der Waals surface area contributed by atoms with Gasteiger partial charge in [-0.3, -0.25) is 4.90 Å². The van der Waals surface area contributed by atoms with E-state index < -0.39 is 11.9 Å². The molecule has 1 aromatic heterocycles. The number of morpholine rings is 1. The van der Waals surface area contributed by atoms with Gasteiger partial charge in [0.1, 0.15) is 11.1 Å². The van der Waals surface area contributed by atoms with Crippen LogP contribution in [0.15, 0.2) is 0 Å². The SMILES string of the molecule is CNCc1sc(C2CN3CCCC3CO2)nc1C(F)(F)F. The molecule has 2 aliphatic rings. The molecule has 118 valence electrons. The summed E-state index contributed by atoms with van der Waals surface area (Å²) in [6, 6.07) is 0.431. The van der Waals surface area contributed by atoms with Crippen molar-refractivity contribution in [2.45, 2.75) is 37.7 Å². The Labute approximate surface area is 125 Å². The fraction of sp³-hybridized carbons (Fsp3) is 0.769. The maximum atomic E-state index is 13.0. The number of hydrogen-bond acceptors (Lipinski definition) is 5. The molecular formula is C13H18F3N3OS. The Hall–Kier alpha value is -0.700. The van der Waals surface area contributed by atoms with E-state index in [0.29, 0.717) is 24.2 Å². The van der Waals surface area contributed by atoms with E-state index in [-0.39, 0.29) is 17.5 Å². The number of hydrogen-bond donors (Lipinski definition) is 1. The van der Waals surface area contributed by atoms with E-state index >= 15 is 0 Å². The Kier molecular flexibility index (Phi) is 4.22. The Morgan fingerprint density at radius 2 is 2.29 bits per heavy atom. The van der Waals surface area contributed by atoms with Gasteiger partial charge in [-0.15, -0.1) is 11.3 Å². The molecule has 2 fully saturated rings. The van der Waals surface area contributed by atoms with Crippen LogP contribution in [-0.2, 0) is 17.5 Å². The minimum Gasteiger partial charge on any atom is -0.368 e. The summed E-state index contributed by atoms with van der Waals surface area (Å²) in [5, 5.41) is 3.21. The average Bonchev–Trinajstić information content (AvgIpc) is 3.03. The van der Waals surface area contributed by atoms with Crippen LogP contribution in [-0.4, -0.2) is 42.7 Å². The van der Waals surface area contributed by atoms with Crippen LogP contribution in [0.4, 0.5) is 13.2 Å². The molecule has 2 saturated heterocycles. The second-order valence-corrected chi connectivity index (χ2v) is 6.58. The van der Waals surface area contributed by atoms with Crippen molar-refractivity contribution in [2.24, 2.45) is 0 Å². The van der Waals surface area contributed by atoms with Gasteiger partial charge in [-0.1, -0.05) is 0 Å². The summed E-state index contributed by atoms with van der Waals surface area (Å²) in [4.78, 5) is 6.37. The summed E-state index contributed by atoms with van der Waals surface area (Å²) in [6.07, 6.45) is -2.50. The van der Waals surface area contributed by atoms with Gasteiger partial charge in [0.2, 0.25) is 0 Å². The highest BCUT2D eigenvalue weighted by Crippen LogP contribution is 2.38. The molecule has 0 radical (unpaired) electrons. The molecule has 21 heavy (non-hydrogen) atoms. The largest absolute Gasteiger partial charge is 0.434 e. The van der Waals surface area contributed by atoms with Gasteiger partial charge in [0.05, 0.1) is 11.5 Å². The van der Waals surface area contributed by atoms with E-state index in [0.717, 1.165) is 30.7 Å². The van der Waals surface area contributed by atoms with Crippen LogP contribution in [0.1, 0.15) is 34.5 Å². The third-order valence-corrected chi connectivity index (χ3v) is 5.13. The van der Waals surface area contributed by atoms with Crippen molar-refractivity contribution in [3.63, 3.8) is 0 Å². The van der Waals surface area contributed by atoms with E-state index in [4.69, 9.17) is 4.74 Å². The number of nitrogens with one attached hydrogen (secondary N) is 1. The zero-order valence-electron chi connectivity index (χ0n) is 11.7. The van der Waals surface area contributed by atoms with Crippen molar-refractivity contribution in [3.05, 3.63) is 15.6 Å². The van der Waals surface area contributed by atoms with Crippen molar-refractivity contribution < 1.29 is 17.9 Å². The lowest BCUT2D eigenvalue weighted by Gasteiger charge is -2.34. The van der Waals surface area contributed by atoms with Crippen LogP contribution >= 0.6 is 11.3 Å². The number of thiazole rings is 1. The molecule has 1 aromatic rings. The molecule has 3 heterocycles. The maximum absolute atomic E-state index is 13.0. The van der Waals surface area contributed by atoms with Gasteiger partial charge in [-0.25, -0.2) is 4.98 Å². The third-order valence-electron chi connectivity index (χ3n) is 3.98. The van der Waals surface area contributed by atoms with Crippen LogP contribution in [0.25, 0.3) is 0 Å². The van der Waals surface area contributed by atoms with Gasteiger partial charge in [-0.2, -0.15) is 13.2 Å². The molecule has 3 rings (SSSR count). The second-order valence-electron chi connectivity index (χ2n) is 5.46. The zero-order chi connectivity index (χ0) is 15.0. The Morgan fingerprint density at radius 1 is 1.48 bits per heavy atom. The first-order valence-corrected chi connectivity index (χ1v) is 7.87. The smallest absolute Gasteiger partial charge is 0.368 e. The molecule has 2 aliphatic heterocycles. The minimum atomic E-state index is -4.41. The highest BCUT2D eigenvalue weighted by Gasteiger charge is 2.40. The highest BCUT2D eigenvalue weighted by molar-refractivity contribution is 7.11. The Morgan fingerprint density at radius 3 is 3.00 bits per heavy atom. The van der Waals surface area contributed by atoms with E-state index in [1.165, 1.54) is 0 Å². The number of halogens is 3. The molecule has 2 unspecified atom stereocenters. The highest BCUT2D eigenvalue weighted by atomic mass is 32.1. The average molecular weight is 321 g/mol. The summed E-state index contributed by atoms with van der Waals surface area (Å²) >= 11 is 1.11. The molecule has 0 aromatic carbocycles. The predicted octanol–water partition coefficient (Wildman–Crippen LogP) is 2.42. The molecule has 0 saturated carbocycles. The lowest BCUT2D eigenvalue weighted by Crippen LogP contribution is -2.42. The number of rotatable bonds is 3. The summed E-state index contributed by atoms with van der Waals surface area (Å²) in [5.74, 6) is 0. The first kappa shape index (κ1) is 15.2. The quantitative estimate of drug-likeness (QED) is 0.928. The molecule has 1 N–H and O–H groups in total. The fourth-order valence-electron chi connectivity index (χ4n) is 2.98. The van der Waals surface area contributed by atoms with Crippen LogP contribution in [0, 0.1) is 0 Å². The molecule has 0 spiro atoms. The lowest BCUT2D eigenvalue weighted by molar-refractivity contribution is -0.141. The van der Waals surface area contributed by atoms with E-state index in [9.17, 15) is 13.2 Å². The van der Waals surface area contributed by atoms with E-state index in [1.807, 2.05) is 0 Å². The van der Waals surface area contributed by atoms with Gasteiger partial charge in [0.25, 0.3) is 0 Å². The van der Waals surface area contributed by atoms with Gasteiger partial charge in [0.15, 0.2) is 5.69 Å². The zero-order valence-corrected chi connectivity index (χ0v) is 12.6. The third kappa shape index (κ3) is 3.08. The van der Waals surface area contributed by atoms with Crippen molar-refractivity contribution in [2.75, 3.05) is 26.7 Å². The van der Waals surface area contributed by atoms with E-state index in [1.54, 1.807) is 7.05 Å². The summed E-state index contributed by atoms with van der Waals surface area (Å²) < 4.78 is 44.9. The first-order chi connectivity index (χ1) is 9.99. The van der Waals surface area contributed by atoms with Gasteiger partial charge < -0.3 is 10.1 Å². The lowest BCUT2D eigenvalue weighted by atomic mass is 10.2. The van der Waals surface area contributed by atoms with Crippen molar-refractivity contribution in [1.29, 1.82) is 0 Å². The number of fused-ring (bicyclic) bond motifs is 1. The molecule has 8 heteroatoms. The van der Waals surface area contributed by atoms with Crippen molar-refractivity contribution in [3.8, 4) is 0 Å². The topological polar surface area (TPSA) is 37.4 Å². The number of nitrogens with zero attached hydrogens (tertiary/aromatic N) is 2. The number of alkyl halides is 3. The molecule has 0 aliphatic carbocycles. The number of aromatic nitrogens is 1. The summed E-state index contributed by atoms with van der Waals surface area (Å²) in [6.45, 7) is 2.42. The number of ether oxygens (including phenoxy) is 1. The van der Waals surface area contributed by atoms with Gasteiger partial charge >= 0.3 is 6.18 Å². The van der Waals surface area contributed by atoms with E-state index in [2.05, 4.69) is 15.2 Å². The first-order valence-electron chi connectivity index (χ1n) is 7.06. The second kappa shape index (κ2) is 5.83. The minimum absolute atomic E-state index is 0.172. The van der Waals surface area contributed by atoms with Crippen molar-refractivity contribution in [1.82, 2.24) is 15.2 Å². The van der Waals surface area contributed by atoms with Gasteiger partial charge in [0, 0.05) is 19.1 Å². The van der Waals surface area contributed by atoms with Crippen LogP contribution in [0.2, 0.25) is 0 Å².